The minimum absolute atomic E-state index is 0.0238. The number of hydrogen-bond donors (Lipinski definition) is 1. The number of thioether (sulfide) groups is 1. The SMILES string of the molecule is C=CC/C(=C/Sc1ccccc1)C(=O)NCCc1ccccc1. The number of rotatable bonds is 8. The second-order valence-corrected chi connectivity index (χ2v) is 6.00. The standard InChI is InChI=1S/C20H21NOS/c1-2-9-18(16-23-19-12-7-4-8-13-19)20(22)21-15-14-17-10-5-3-6-11-17/h2-8,10-13,16H,1,9,14-15H2,(H,21,22)/b18-16-. The molecule has 1 N–H and O–H groups in total. The molecule has 118 valence electrons. The summed E-state index contributed by atoms with van der Waals surface area (Å²) in [5, 5.41) is 4.90. The van der Waals surface area contributed by atoms with E-state index in [-0.39, 0.29) is 5.91 Å². The number of carbonyl (C=O) groups is 1. The van der Waals surface area contributed by atoms with Crippen molar-refractivity contribution in [3.63, 3.8) is 0 Å². The number of carbonyl (C=O) groups excluding carboxylic acids is 1. The van der Waals surface area contributed by atoms with Gasteiger partial charge in [0.25, 0.3) is 0 Å². The van der Waals surface area contributed by atoms with Crippen molar-refractivity contribution in [1.29, 1.82) is 0 Å². The molecule has 0 aromatic heterocycles. The van der Waals surface area contributed by atoms with Crippen LogP contribution in [0.4, 0.5) is 0 Å². The van der Waals surface area contributed by atoms with Crippen molar-refractivity contribution in [2.24, 2.45) is 0 Å². The molecule has 0 atom stereocenters. The lowest BCUT2D eigenvalue weighted by molar-refractivity contribution is -0.117. The highest BCUT2D eigenvalue weighted by atomic mass is 32.2. The first kappa shape index (κ1) is 17.1. The summed E-state index contributed by atoms with van der Waals surface area (Å²) in [7, 11) is 0. The fourth-order valence-electron chi connectivity index (χ4n) is 2.07. The Bertz CT molecular complexity index is 650. The predicted molar refractivity (Wildman–Crippen MR) is 98.4 cm³/mol. The zero-order valence-corrected chi connectivity index (χ0v) is 13.9. The molecule has 0 radical (unpaired) electrons. The van der Waals surface area contributed by atoms with Crippen LogP contribution in [0.1, 0.15) is 12.0 Å². The van der Waals surface area contributed by atoms with Crippen molar-refractivity contribution in [2.75, 3.05) is 6.54 Å². The molecule has 0 aliphatic heterocycles. The molecule has 0 aliphatic carbocycles. The van der Waals surface area contributed by atoms with Crippen LogP contribution in [-0.4, -0.2) is 12.5 Å². The van der Waals surface area contributed by atoms with Gasteiger partial charge in [-0.1, -0.05) is 66.4 Å². The van der Waals surface area contributed by atoms with Gasteiger partial charge in [0.1, 0.15) is 0 Å². The second-order valence-electron chi connectivity index (χ2n) is 5.06. The van der Waals surface area contributed by atoms with E-state index in [4.69, 9.17) is 0 Å². The van der Waals surface area contributed by atoms with Gasteiger partial charge in [-0.3, -0.25) is 4.79 Å². The molecule has 0 unspecified atom stereocenters. The Kier molecular flexibility index (Phi) is 7.21. The van der Waals surface area contributed by atoms with E-state index in [1.807, 2.05) is 53.9 Å². The molecule has 3 heteroatoms. The average Bonchev–Trinajstić information content (AvgIpc) is 2.60. The van der Waals surface area contributed by atoms with Crippen LogP contribution in [0.5, 0.6) is 0 Å². The van der Waals surface area contributed by atoms with E-state index >= 15 is 0 Å². The third-order valence-electron chi connectivity index (χ3n) is 3.28. The highest BCUT2D eigenvalue weighted by Crippen LogP contribution is 2.21. The van der Waals surface area contributed by atoms with E-state index in [1.165, 1.54) is 5.56 Å². The molecule has 0 aliphatic rings. The first-order valence-corrected chi connectivity index (χ1v) is 8.51. The monoisotopic (exact) mass is 323 g/mol. The molecule has 2 nitrogen and oxygen atoms in total. The quantitative estimate of drug-likeness (QED) is 0.437. The van der Waals surface area contributed by atoms with Crippen molar-refractivity contribution in [2.45, 2.75) is 17.7 Å². The molecule has 1 amide bonds. The zero-order valence-electron chi connectivity index (χ0n) is 13.1. The molecule has 2 rings (SSSR count). The predicted octanol–water partition coefficient (Wildman–Crippen LogP) is 4.60. The van der Waals surface area contributed by atoms with Crippen LogP contribution in [0, 0.1) is 0 Å². The number of nitrogens with one attached hydrogen (secondary N) is 1. The normalized spacial score (nSPS) is 11.0. The van der Waals surface area contributed by atoms with E-state index in [1.54, 1.807) is 17.8 Å². The van der Waals surface area contributed by atoms with Crippen molar-refractivity contribution in [1.82, 2.24) is 5.32 Å². The van der Waals surface area contributed by atoms with E-state index in [9.17, 15) is 4.79 Å². The molecule has 2 aromatic rings. The minimum Gasteiger partial charge on any atom is -0.352 e. The number of amides is 1. The molecular weight excluding hydrogens is 302 g/mol. The van der Waals surface area contributed by atoms with Gasteiger partial charge < -0.3 is 5.32 Å². The Balaban J connectivity index is 1.88. The first-order valence-electron chi connectivity index (χ1n) is 7.63. The lowest BCUT2D eigenvalue weighted by Gasteiger charge is -2.08. The Hall–Kier alpha value is -2.26. The van der Waals surface area contributed by atoms with Gasteiger partial charge in [0.05, 0.1) is 0 Å². The Labute approximate surface area is 142 Å². The fraction of sp³-hybridized carbons (Fsp3) is 0.150. The molecule has 0 fully saturated rings. The summed E-state index contributed by atoms with van der Waals surface area (Å²) in [6.07, 6.45) is 3.16. The zero-order chi connectivity index (χ0) is 16.3. The van der Waals surface area contributed by atoms with Crippen LogP contribution in [0.15, 0.2) is 89.2 Å². The molecule has 0 bridgehead atoms. The number of allylic oxidation sites excluding steroid dienone is 1. The van der Waals surface area contributed by atoms with Crippen molar-refractivity contribution >= 4 is 17.7 Å². The van der Waals surface area contributed by atoms with Crippen LogP contribution in [0.2, 0.25) is 0 Å². The van der Waals surface area contributed by atoms with Gasteiger partial charge in [0, 0.05) is 17.0 Å². The summed E-state index contributed by atoms with van der Waals surface area (Å²) in [6.45, 7) is 4.37. The van der Waals surface area contributed by atoms with Crippen LogP contribution in [0.3, 0.4) is 0 Å². The fourth-order valence-corrected chi connectivity index (χ4v) is 2.86. The van der Waals surface area contributed by atoms with E-state index in [0.717, 1.165) is 16.9 Å². The maximum atomic E-state index is 12.3. The minimum atomic E-state index is -0.0238. The number of hydrogen-bond acceptors (Lipinski definition) is 2. The largest absolute Gasteiger partial charge is 0.352 e. The maximum absolute atomic E-state index is 12.3. The van der Waals surface area contributed by atoms with Crippen molar-refractivity contribution in [3.8, 4) is 0 Å². The van der Waals surface area contributed by atoms with Gasteiger partial charge >= 0.3 is 0 Å². The summed E-state index contributed by atoms with van der Waals surface area (Å²) in [5.74, 6) is -0.0238. The summed E-state index contributed by atoms with van der Waals surface area (Å²) in [4.78, 5) is 13.4. The third kappa shape index (κ3) is 6.17. The Morgan fingerprint density at radius 3 is 2.35 bits per heavy atom. The highest BCUT2D eigenvalue weighted by Gasteiger charge is 2.07. The number of benzene rings is 2. The van der Waals surface area contributed by atoms with E-state index < -0.39 is 0 Å². The third-order valence-corrected chi connectivity index (χ3v) is 4.23. The molecular formula is C20H21NOS. The molecule has 0 spiro atoms. The topological polar surface area (TPSA) is 29.1 Å². The lowest BCUT2D eigenvalue weighted by atomic mass is 10.1. The molecule has 2 aromatic carbocycles. The van der Waals surface area contributed by atoms with Crippen LogP contribution in [-0.2, 0) is 11.2 Å². The molecule has 0 saturated heterocycles. The van der Waals surface area contributed by atoms with E-state index in [0.29, 0.717) is 13.0 Å². The van der Waals surface area contributed by atoms with Gasteiger partial charge in [0.2, 0.25) is 5.91 Å². The van der Waals surface area contributed by atoms with E-state index in [2.05, 4.69) is 24.0 Å². The molecule has 0 saturated carbocycles. The molecule has 0 heterocycles. The van der Waals surface area contributed by atoms with Crippen molar-refractivity contribution in [3.05, 3.63) is 89.9 Å². The van der Waals surface area contributed by atoms with Gasteiger partial charge in [-0.2, -0.15) is 0 Å². The Morgan fingerprint density at radius 2 is 1.70 bits per heavy atom. The highest BCUT2D eigenvalue weighted by molar-refractivity contribution is 8.02. The lowest BCUT2D eigenvalue weighted by Crippen LogP contribution is -2.27. The van der Waals surface area contributed by atoms with Crippen LogP contribution in [0.25, 0.3) is 0 Å². The maximum Gasteiger partial charge on any atom is 0.248 e. The summed E-state index contributed by atoms with van der Waals surface area (Å²) in [5.41, 5.74) is 1.96. The van der Waals surface area contributed by atoms with Crippen LogP contribution < -0.4 is 5.32 Å². The first-order chi connectivity index (χ1) is 11.3. The molecule has 23 heavy (non-hydrogen) atoms. The van der Waals surface area contributed by atoms with Crippen LogP contribution >= 0.6 is 11.8 Å². The summed E-state index contributed by atoms with van der Waals surface area (Å²) in [6, 6.07) is 20.2. The van der Waals surface area contributed by atoms with Gasteiger partial charge in [-0.15, -0.1) is 6.58 Å². The smallest absolute Gasteiger partial charge is 0.248 e. The Morgan fingerprint density at radius 1 is 1.04 bits per heavy atom. The van der Waals surface area contributed by atoms with Crippen molar-refractivity contribution < 1.29 is 4.79 Å². The second kappa shape index (κ2) is 9.70. The van der Waals surface area contributed by atoms with Gasteiger partial charge in [0.15, 0.2) is 0 Å². The average molecular weight is 323 g/mol. The van der Waals surface area contributed by atoms with Gasteiger partial charge in [-0.25, -0.2) is 0 Å². The van der Waals surface area contributed by atoms with Gasteiger partial charge in [-0.05, 0) is 35.9 Å². The summed E-state index contributed by atoms with van der Waals surface area (Å²) >= 11 is 1.56. The summed E-state index contributed by atoms with van der Waals surface area (Å²) < 4.78 is 0.